The van der Waals surface area contributed by atoms with E-state index >= 15 is 0 Å². The predicted molar refractivity (Wildman–Crippen MR) is 62.6 cm³/mol. The highest BCUT2D eigenvalue weighted by atomic mass is 14.9. The molecule has 2 nitrogen and oxygen atoms in total. The molecule has 1 N–H and O–H groups in total. The van der Waals surface area contributed by atoms with E-state index in [1.54, 1.807) is 0 Å². The lowest BCUT2D eigenvalue weighted by Gasteiger charge is -2.06. The summed E-state index contributed by atoms with van der Waals surface area (Å²) < 4.78 is 0. The Hall–Kier alpha value is -1.67. The molecule has 0 unspecified atom stereocenters. The molecular formula is C13H12N2. The van der Waals surface area contributed by atoms with Crippen LogP contribution in [0.5, 0.6) is 0 Å². The zero-order valence-electron chi connectivity index (χ0n) is 8.40. The molecule has 0 saturated heterocycles. The molecule has 0 radical (unpaired) electrons. The number of fused-ring (bicyclic) bond motifs is 1. The third-order valence-electron chi connectivity index (χ3n) is 2.84. The fourth-order valence-corrected chi connectivity index (χ4v) is 2.07. The SMILES string of the molecule is C1=C(c2cccc3ccncc23)CNC1. The van der Waals surface area contributed by atoms with Gasteiger partial charge in [0.2, 0.25) is 0 Å². The first-order valence-corrected chi connectivity index (χ1v) is 5.18. The molecule has 0 spiro atoms. The predicted octanol–water partition coefficient (Wildman–Crippen LogP) is 2.22. The van der Waals surface area contributed by atoms with Crippen LogP contribution < -0.4 is 5.32 Å². The number of nitrogens with zero attached hydrogens (tertiary/aromatic N) is 1. The van der Waals surface area contributed by atoms with E-state index in [2.05, 4.69) is 40.6 Å². The topological polar surface area (TPSA) is 24.9 Å². The van der Waals surface area contributed by atoms with Crippen molar-refractivity contribution in [1.82, 2.24) is 10.3 Å². The van der Waals surface area contributed by atoms with Gasteiger partial charge in [-0.05, 0) is 22.6 Å². The summed E-state index contributed by atoms with van der Waals surface area (Å²) in [5.41, 5.74) is 2.69. The summed E-state index contributed by atoms with van der Waals surface area (Å²) in [6.45, 7) is 1.94. The summed E-state index contributed by atoms with van der Waals surface area (Å²) in [5.74, 6) is 0. The molecule has 0 aliphatic carbocycles. The first-order valence-electron chi connectivity index (χ1n) is 5.18. The number of aromatic nitrogens is 1. The first-order chi connectivity index (χ1) is 7.45. The van der Waals surface area contributed by atoms with Gasteiger partial charge in [0.15, 0.2) is 0 Å². The minimum atomic E-state index is 0.966. The van der Waals surface area contributed by atoms with Crippen molar-refractivity contribution in [3.63, 3.8) is 0 Å². The highest BCUT2D eigenvalue weighted by Gasteiger charge is 2.09. The van der Waals surface area contributed by atoms with Crippen molar-refractivity contribution in [1.29, 1.82) is 0 Å². The third-order valence-corrected chi connectivity index (χ3v) is 2.84. The average molecular weight is 196 g/mol. The molecule has 15 heavy (non-hydrogen) atoms. The maximum Gasteiger partial charge on any atom is 0.0352 e. The van der Waals surface area contributed by atoms with Crippen LogP contribution in [-0.2, 0) is 0 Å². The first kappa shape index (κ1) is 8.62. The van der Waals surface area contributed by atoms with Crippen LogP contribution in [0.4, 0.5) is 0 Å². The van der Waals surface area contributed by atoms with Gasteiger partial charge in [0.1, 0.15) is 0 Å². The van der Waals surface area contributed by atoms with Crippen molar-refractivity contribution < 1.29 is 0 Å². The van der Waals surface area contributed by atoms with Crippen LogP contribution in [0.2, 0.25) is 0 Å². The molecule has 0 saturated carbocycles. The van der Waals surface area contributed by atoms with E-state index in [9.17, 15) is 0 Å². The largest absolute Gasteiger partial charge is 0.309 e. The lowest BCUT2D eigenvalue weighted by atomic mass is 10.0. The van der Waals surface area contributed by atoms with Crippen LogP contribution in [0, 0.1) is 0 Å². The number of nitrogens with one attached hydrogen (secondary N) is 1. The highest BCUT2D eigenvalue weighted by molar-refractivity contribution is 5.93. The Morgan fingerprint density at radius 3 is 3.07 bits per heavy atom. The Kier molecular flexibility index (Phi) is 2.00. The minimum Gasteiger partial charge on any atom is -0.309 e. The molecule has 74 valence electrons. The average Bonchev–Trinajstić information content (AvgIpc) is 2.82. The van der Waals surface area contributed by atoms with E-state index in [1.165, 1.54) is 21.9 Å². The monoisotopic (exact) mass is 196 g/mol. The molecule has 0 bridgehead atoms. The Bertz CT molecular complexity index is 524. The van der Waals surface area contributed by atoms with Gasteiger partial charge in [-0.1, -0.05) is 24.3 Å². The third kappa shape index (κ3) is 1.43. The van der Waals surface area contributed by atoms with Gasteiger partial charge in [0.25, 0.3) is 0 Å². The van der Waals surface area contributed by atoms with E-state index < -0.39 is 0 Å². The molecule has 0 atom stereocenters. The van der Waals surface area contributed by atoms with E-state index in [1.807, 2.05) is 12.4 Å². The molecule has 2 heterocycles. The van der Waals surface area contributed by atoms with Crippen LogP contribution in [0.1, 0.15) is 5.56 Å². The number of rotatable bonds is 1. The van der Waals surface area contributed by atoms with Crippen LogP contribution in [-0.4, -0.2) is 18.1 Å². The molecule has 1 aromatic heterocycles. The highest BCUT2D eigenvalue weighted by Crippen LogP contribution is 2.25. The molecular weight excluding hydrogens is 184 g/mol. The zero-order chi connectivity index (χ0) is 10.1. The van der Waals surface area contributed by atoms with Gasteiger partial charge in [0, 0.05) is 30.9 Å². The van der Waals surface area contributed by atoms with Crippen LogP contribution >= 0.6 is 0 Å². The molecule has 1 aliphatic heterocycles. The maximum absolute atomic E-state index is 4.20. The molecule has 2 aromatic rings. The van der Waals surface area contributed by atoms with Crippen LogP contribution in [0.25, 0.3) is 16.3 Å². The van der Waals surface area contributed by atoms with Gasteiger partial charge < -0.3 is 5.32 Å². The van der Waals surface area contributed by atoms with E-state index in [4.69, 9.17) is 0 Å². The second-order valence-corrected chi connectivity index (χ2v) is 3.76. The minimum absolute atomic E-state index is 0.966. The van der Waals surface area contributed by atoms with Gasteiger partial charge in [-0.25, -0.2) is 0 Å². The Morgan fingerprint density at radius 2 is 2.20 bits per heavy atom. The second-order valence-electron chi connectivity index (χ2n) is 3.76. The van der Waals surface area contributed by atoms with Gasteiger partial charge >= 0.3 is 0 Å². The van der Waals surface area contributed by atoms with Crippen molar-refractivity contribution >= 4 is 16.3 Å². The summed E-state index contributed by atoms with van der Waals surface area (Å²) in [6, 6.07) is 8.46. The lowest BCUT2D eigenvalue weighted by molar-refractivity contribution is 0.897. The van der Waals surface area contributed by atoms with Crippen molar-refractivity contribution in [2.45, 2.75) is 0 Å². The van der Waals surface area contributed by atoms with E-state index in [0.29, 0.717) is 0 Å². The number of hydrogen-bond donors (Lipinski definition) is 1. The van der Waals surface area contributed by atoms with Crippen molar-refractivity contribution in [3.05, 3.63) is 48.3 Å². The van der Waals surface area contributed by atoms with Crippen molar-refractivity contribution in [3.8, 4) is 0 Å². The fourth-order valence-electron chi connectivity index (χ4n) is 2.07. The number of hydrogen-bond acceptors (Lipinski definition) is 2. The molecule has 1 aliphatic rings. The molecule has 1 aromatic carbocycles. The Labute approximate surface area is 88.6 Å². The normalized spacial score (nSPS) is 15.6. The molecule has 2 heteroatoms. The summed E-state index contributed by atoms with van der Waals surface area (Å²) in [4.78, 5) is 4.20. The van der Waals surface area contributed by atoms with Gasteiger partial charge in [-0.3, -0.25) is 4.98 Å². The number of pyridine rings is 1. The lowest BCUT2D eigenvalue weighted by Crippen LogP contribution is -2.07. The van der Waals surface area contributed by atoms with Crippen molar-refractivity contribution in [2.75, 3.05) is 13.1 Å². The molecule has 3 rings (SSSR count). The Morgan fingerprint density at radius 1 is 1.20 bits per heavy atom. The fraction of sp³-hybridized carbons (Fsp3) is 0.154. The van der Waals surface area contributed by atoms with E-state index in [0.717, 1.165) is 13.1 Å². The van der Waals surface area contributed by atoms with Crippen LogP contribution in [0.3, 0.4) is 0 Å². The summed E-state index contributed by atoms with van der Waals surface area (Å²) in [5, 5.41) is 5.83. The van der Waals surface area contributed by atoms with Crippen LogP contribution in [0.15, 0.2) is 42.7 Å². The van der Waals surface area contributed by atoms with Gasteiger partial charge in [-0.2, -0.15) is 0 Å². The standard InChI is InChI=1S/C13H12N2/c1-2-10-4-6-15-9-13(10)12(3-1)11-5-7-14-8-11/h1-6,9,14H,7-8H2. The van der Waals surface area contributed by atoms with Crippen molar-refractivity contribution in [2.24, 2.45) is 0 Å². The number of benzene rings is 1. The summed E-state index contributed by atoms with van der Waals surface area (Å²) >= 11 is 0. The Balaban J connectivity index is 2.26. The van der Waals surface area contributed by atoms with Gasteiger partial charge in [-0.15, -0.1) is 0 Å². The molecule has 0 amide bonds. The molecule has 0 fully saturated rings. The van der Waals surface area contributed by atoms with E-state index in [-0.39, 0.29) is 0 Å². The zero-order valence-corrected chi connectivity index (χ0v) is 8.40. The van der Waals surface area contributed by atoms with Gasteiger partial charge in [0.05, 0.1) is 0 Å². The maximum atomic E-state index is 4.20. The second kappa shape index (κ2) is 3.48. The summed E-state index contributed by atoms with van der Waals surface area (Å²) in [7, 11) is 0. The summed E-state index contributed by atoms with van der Waals surface area (Å²) in [6.07, 6.45) is 6.04. The quantitative estimate of drug-likeness (QED) is 0.756. The smallest absolute Gasteiger partial charge is 0.0352 e.